The van der Waals surface area contributed by atoms with Crippen LogP contribution in [0.25, 0.3) is 0 Å². The van der Waals surface area contributed by atoms with Crippen molar-refractivity contribution >= 4 is 0 Å². The van der Waals surface area contributed by atoms with Gasteiger partial charge < -0.3 is 9.88 Å². The molecule has 2 nitrogen and oxygen atoms in total. The van der Waals surface area contributed by atoms with Gasteiger partial charge in [-0.1, -0.05) is 12.8 Å². The maximum Gasteiger partial charge on any atom is 0.0359 e. The van der Waals surface area contributed by atoms with E-state index in [9.17, 15) is 0 Å². The number of aryl methyl sites for hydroxylation is 1. The van der Waals surface area contributed by atoms with Gasteiger partial charge in [0.05, 0.1) is 0 Å². The number of hydrogen-bond acceptors (Lipinski definition) is 1. The third-order valence-corrected chi connectivity index (χ3v) is 3.27. The van der Waals surface area contributed by atoms with E-state index >= 15 is 0 Å². The highest BCUT2D eigenvalue weighted by Crippen LogP contribution is 2.23. The summed E-state index contributed by atoms with van der Waals surface area (Å²) in [7, 11) is 2.10. The molecule has 1 heterocycles. The first-order valence-corrected chi connectivity index (χ1v) is 5.67. The van der Waals surface area contributed by atoms with Gasteiger partial charge in [-0.15, -0.1) is 0 Å². The van der Waals surface area contributed by atoms with E-state index in [1.54, 1.807) is 0 Å². The Morgan fingerprint density at radius 2 is 2.21 bits per heavy atom. The molecule has 1 fully saturated rings. The van der Waals surface area contributed by atoms with Crippen molar-refractivity contribution in [2.24, 2.45) is 13.0 Å². The molecule has 1 saturated carbocycles. The van der Waals surface area contributed by atoms with E-state index in [0.717, 1.165) is 12.5 Å². The Morgan fingerprint density at radius 3 is 2.86 bits per heavy atom. The fourth-order valence-electron chi connectivity index (χ4n) is 2.30. The number of aromatic nitrogens is 1. The van der Waals surface area contributed by atoms with Gasteiger partial charge in [0.2, 0.25) is 0 Å². The topological polar surface area (TPSA) is 17.0 Å². The van der Waals surface area contributed by atoms with Crippen LogP contribution in [0.5, 0.6) is 0 Å². The number of nitrogens with zero attached hydrogens (tertiary/aromatic N) is 1. The molecule has 0 saturated heterocycles. The van der Waals surface area contributed by atoms with Gasteiger partial charge in [0.15, 0.2) is 0 Å². The Hall–Kier alpha value is -0.760. The third-order valence-electron chi connectivity index (χ3n) is 3.27. The molecule has 1 aromatic rings. The summed E-state index contributed by atoms with van der Waals surface area (Å²) in [5.41, 5.74) is 1.38. The van der Waals surface area contributed by atoms with Crippen molar-refractivity contribution in [1.82, 2.24) is 9.88 Å². The highest BCUT2D eigenvalue weighted by atomic mass is 15.0. The average Bonchev–Trinajstić information content (AvgIpc) is 2.78. The van der Waals surface area contributed by atoms with E-state index in [4.69, 9.17) is 0 Å². The molecule has 2 heteroatoms. The maximum absolute atomic E-state index is 3.55. The predicted octanol–water partition coefficient (Wildman–Crippen LogP) is 2.30. The molecule has 78 valence electrons. The zero-order chi connectivity index (χ0) is 9.80. The van der Waals surface area contributed by atoms with E-state index in [-0.39, 0.29) is 0 Å². The molecule has 1 aliphatic carbocycles. The zero-order valence-electron chi connectivity index (χ0n) is 9.00. The van der Waals surface area contributed by atoms with Crippen LogP contribution in [0.4, 0.5) is 0 Å². The lowest BCUT2D eigenvalue weighted by atomic mass is 10.1. The SMILES string of the molecule is Cn1cccc1CNCC1CCCC1. The van der Waals surface area contributed by atoms with E-state index < -0.39 is 0 Å². The summed E-state index contributed by atoms with van der Waals surface area (Å²) < 4.78 is 2.18. The normalized spacial score (nSPS) is 17.8. The van der Waals surface area contributed by atoms with Crippen molar-refractivity contribution in [1.29, 1.82) is 0 Å². The summed E-state index contributed by atoms with van der Waals surface area (Å²) in [4.78, 5) is 0. The van der Waals surface area contributed by atoms with Crippen LogP contribution in [-0.4, -0.2) is 11.1 Å². The minimum Gasteiger partial charge on any atom is -0.353 e. The van der Waals surface area contributed by atoms with Crippen LogP contribution in [0.1, 0.15) is 31.4 Å². The molecule has 0 unspecified atom stereocenters. The van der Waals surface area contributed by atoms with Crippen LogP contribution in [0.15, 0.2) is 18.3 Å². The van der Waals surface area contributed by atoms with Crippen molar-refractivity contribution in [3.05, 3.63) is 24.0 Å². The van der Waals surface area contributed by atoms with Gasteiger partial charge in [-0.25, -0.2) is 0 Å². The Balaban J connectivity index is 1.70. The fraction of sp³-hybridized carbons (Fsp3) is 0.667. The van der Waals surface area contributed by atoms with Gasteiger partial charge in [-0.3, -0.25) is 0 Å². The van der Waals surface area contributed by atoms with Crippen LogP contribution in [0.3, 0.4) is 0 Å². The van der Waals surface area contributed by atoms with Crippen LogP contribution >= 0.6 is 0 Å². The smallest absolute Gasteiger partial charge is 0.0359 e. The second-order valence-electron chi connectivity index (χ2n) is 4.39. The molecular weight excluding hydrogens is 172 g/mol. The Bertz CT molecular complexity index is 272. The van der Waals surface area contributed by atoms with Crippen molar-refractivity contribution < 1.29 is 0 Å². The minimum atomic E-state index is 0.940. The Kier molecular flexibility index (Phi) is 3.25. The molecule has 2 rings (SSSR count). The lowest BCUT2D eigenvalue weighted by molar-refractivity contribution is 0.484. The second kappa shape index (κ2) is 4.65. The summed E-state index contributed by atoms with van der Waals surface area (Å²) in [5.74, 6) is 0.940. The summed E-state index contributed by atoms with van der Waals surface area (Å²) in [5, 5.41) is 3.55. The van der Waals surface area contributed by atoms with Crippen LogP contribution in [-0.2, 0) is 13.6 Å². The number of nitrogens with one attached hydrogen (secondary N) is 1. The lowest BCUT2D eigenvalue weighted by Crippen LogP contribution is -2.21. The van der Waals surface area contributed by atoms with Gasteiger partial charge in [0.25, 0.3) is 0 Å². The van der Waals surface area contributed by atoms with Crippen molar-refractivity contribution in [3.8, 4) is 0 Å². The molecule has 1 N–H and O–H groups in total. The van der Waals surface area contributed by atoms with E-state index in [2.05, 4.69) is 35.3 Å². The summed E-state index contributed by atoms with van der Waals surface area (Å²) in [6.07, 6.45) is 7.85. The number of hydrogen-bond donors (Lipinski definition) is 1. The number of rotatable bonds is 4. The van der Waals surface area contributed by atoms with Gasteiger partial charge in [0, 0.05) is 25.5 Å². The summed E-state index contributed by atoms with van der Waals surface area (Å²) in [6, 6.07) is 4.29. The monoisotopic (exact) mass is 192 g/mol. The second-order valence-corrected chi connectivity index (χ2v) is 4.39. The van der Waals surface area contributed by atoms with Crippen LogP contribution in [0, 0.1) is 5.92 Å². The first-order valence-electron chi connectivity index (χ1n) is 5.67. The maximum atomic E-state index is 3.55. The molecule has 1 aliphatic rings. The molecule has 0 aliphatic heterocycles. The third kappa shape index (κ3) is 2.38. The largest absolute Gasteiger partial charge is 0.353 e. The van der Waals surface area contributed by atoms with Gasteiger partial charge in [-0.2, -0.15) is 0 Å². The Morgan fingerprint density at radius 1 is 1.43 bits per heavy atom. The van der Waals surface area contributed by atoms with E-state index in [1.807, 2.05) is 0 Å². The van der Waals surface area contributed by atoms with Gasteiger partial charge in [0.1, 0.15) is 0 Å². The zero-order valence-corrected chi connectivity index (χ0v) is 9.00. The highest BCUT2D eigenvalue weighted by Gasteiger charge is 2.13. The van der Waals surface area contributed by atoms with Crippen LogP contribution < -0.4 is 5.32 Å². The summed E-state index contributed by atoms with van der Waals surface area (Å²) >= 11 is 0. The predicted molar refractivity (Wildman–Crippen MR) is 59.1 cm³/mol. The molecule has 0 amide bonds. The van der Waals surface area contributed by atoms with Gasteiger partial charge in [-0.05, 0) is 37.4 Å². The molecule has 0 atom stereocenters. The first-order chi connectivity index (χ1) is 6.86. The van der Waals surface area contributed by atoms with E-state index in [0.29, 0.717) is 0 Å². The molecule has 0 spiro atoms. The molecule has 0 radical (unpaired) electrons. The first kappa shape index (κ1) is 9.78. The van der Waals surface area contributed by atoms with Crippen molar-refractivity contribution in [3.63, 3.8) is 0 Å². The average molecular weight is 192 g/mol. The van der Waals surface area contributed by atoms with Crippen molar-refractivity contribution in [2.45, 2.75) is 32.2 Å². The summed E-state index contributed by atoms with van der Waals surface area (Å²) in [6.45, 7) is 2.21. The Labute approximate surface area is 86.3 Å². The minimum absolute atomic E-state index is 0.940. The van der Waals surface area contributed by atoms with Crippen molar-refractivity contribution in [2.75, 3.05) is 6.54 Å². The molecule has 0 bridgehead atoms. The fourth-order valence-corrected chi connectivity index (χ4v) is 2.30. The lowest BCUT2D eigenvalue weighted by Gasteiger charge is -2.10. The molecular formula is C12H20N2. The van der Waals surface area contributed by atoms with E-state index in [1.165, 1.54) is 37.9 Å². The molecule has 0 aromatic carbocycles. The van der Waals surface area contributed by atoms with Crippen LogP contribution in [0.2, 0.25) is 0 Å². The standard InChI is InChI=1S/C12H20N2/c1-14-8-4-7-12(14)10-13-9-11-5-2-3-6-11/h4,7-8,11,13H,2-3,5-6,9-10H2,1H3. The molecule has 1 aromatic heterocycles. The molecule has 14 heavy (non-hydrogen) atoms. The quantitative estimate of drug-likeness (QED) is 0.774. The highest BCUT2D eigenvalue weighted by molar-refractivity contribution is 5.05. The van der Waals surface area contributed by atoms with Gasteiger partial charge >= 0.3 is 0 Å².